The van der Waals surface area contributed by atoms with Crippen molar-refractivity contribution in [2.75, 3.05) is 13.1 Å². The highest BCUT2D eigenvalue weighted by Gasteiger charge is 2.28. The van der Waals surface area contributed by atoms with Crippen LogP contribution < -0.4 is 5.73 Å². The number of nitro benzene ring substituents is 1. The fourth-order valence-corrected chi connectivity index (χ4v) is 3.10. The Hall–Kier alpha value is -2.16. The molecule has 0 spiro atoms. The smallest absolute Gasteiger partial charge is 0.294 e. The van der Waals surface area contributed by atoms with Crippen LogP contribution in [0.3, 0.4) is 0 Å². The third kappa shape index (κ3) is 4.32. The molecule has 1 aromatic heterocycles. The van der Waals surface area contributed by atoms with E-state index in [1.807, 2.05) is 0 Å². The topological polar surface area (TPSA) is 107 Å². The highest BCUT2D eigenvalue weighted by Crippen LogP contribution is 2.26. The van der Waals surface area contributed by atoms with E-state index in [0.29, 0.717) is 24.3 Å². The van der Waals surface area contributed by atoms with E-state index in [1.54, 1.807) is 34.0 Å². The number of hydrogen-bond acceptors (Lipinski definition) is 5. The molecule has 3 rings (SSSR count). The molecule has 1 aromatic carbocycles. The minimum absolute atomic E-state index is 0. The Morgan fingerprint density at radius 1 is 1.35 bits per heavy atom. The fraction of sp³-hybridized carbons (Fsp3) is 0.375. The second-order valence-electron chi connectivity index (χ2n) is 5.81. The largest absolute Gasteiger partial charge is 0.334 e. The van der Waals surface area contributed by atoms with E-state index in [-0.39, 0.29) is 42.5 Å². The van der Waals surface area contributed by atoms with Crippen LogP contribution in [0.5, 0.6) is 0 Å². The normalized spacial score (nSPS) is 16.3. The van der Waals surface area contributed by atoms with E-state index in [4.69, 9.17) is 5.73 Å². The maximum Gasteiger partial charge on any atom is 0.294 e. The molecule has 10 heteroatoms. The summed E-state index contributed by atoms with van der Waals surface area (Å²) in [5, 5.41) is 11.4. The van der Waals surface area contributed by atoms with Crippen molar-refractivity contribution in [3.05, 3.63) is 52.6 Å². The number of likely N-dealkylation sites (tertiary alicyclic amines) is 1. The number of carbonyl (C=O) groups excluding carboxylic acids is 1. The lowest BCUT2D eigenvalue weighted by Gasteiger charge is -2.35. The molecule has 1 unspecified atom stereocenters. The Bertz CT molecular complexity index is 754. The zero-order valence-corrected chi connectivity index (χ0v) is 15.6. The van der Waals surface area contributed by atoms with E-state index in [2.05, 4.69) is 4.98 Å². The third-order valence-corrected chi connectivity index (χ3v) is 4.36. The zero-order valence-electron chi connectivity index (χ0n) is 14.0. The molecule has 0 aliphatic carbocycles. The summed E-state index contributed by atoms with van der Waals surface area (Å²) >= 11 is 0. The fourth-order valence-electron chi connectivity index (χ4n) is 3.10. The second-order valence-corrected chi connectivity index (χ2v) is 5.81. The molecule has 2 heterocycles. The summed E-state index contributed by atoms with van der Waals surface area (Å²) in [5.74, 6) is -0.203. The molecule has 26 heavy (non-hydrogen) atoms. The van der Waals surface area contributed by atoms with Gasteiger partial charge in [-0.2, -0.15) is 0 Å². The first kappa shape index (κ1) is 21.9. The van der Waals surface area contributed by atoms with Crippen LogP contribution in [0.2, 0.25) is 0 Å². The quantitative estimate of drug-likeness (QED) is 0.625. The SMILES string of the molecule is Cl.Cl.NCC1CCCCN1C(=O)c1ccc(-n2ccnc2)c([N+](=O)[O-])c1. The van der Waals surface area contributed by atoms with Gasteiger partial charge in [-0.15, -0.1) is 24.8 Å². The third-order valence-electron chi connectivity index (χ3n) is 4.36. The van der Waals surface area contributed by atoms with E-state index in [1.165, 1.54) is 12.4 Å². The first-order valence-corrected chi connectivity index (χ1v) is 7.89. The molecule has 2 N–H and O–H groups in total. The first-order chi connectivity index (χ1) is 11.6. The van der Waals surface area contributed by atoms with E-state index < -0.39 is 4.92 Å². The summed E-state index contributed by atoms with van der Waals surface area (Å²) in [4.78, 5) is 29.3. The maximum atomic E-state index is 12.8. The van der Waals surface area contributed by atoms with Gasteiger partial charge in [0.25, 0.3) is 11.6 Å². The van der Waals surface area contributed by atoms with Crippen LogP contribution in [0.15, 0.2) is 36.9 Å². The van der Waals surface area contributed by atoms with E-state index >= 15 is 0 Å². The summed E-state index contributed by atoms with van der Waals surface area (Å²) in [6.45, 7) is 1.04. The number of imidazole rings is 1. The van der Waals surface area contributed by atoms with Gasteiger partial charge in [0.1, 0.15) is 5.69 Å². The molecular weight excluding hydrogens is 381 g/mol. The highest BCUT2D eigenvalue weighted by atomic mass is 35.5. The molecule has 1 atom stereocenters. The maximum absolute atomic E-state index is 12.8. The molecular formula is C16H21Cl2N5O3. The Kier molecular flexibility index (Phi) is 8.01. The predicted molar refractivity (Wildman–Crippen MR) is 102 cm³/mol. The molecule has 2 aromatic rings. The number of nitrogens with zero attached hydrogens (tertiary/aromatic N) is 4. The minimum Gasteiger partial charge on any atom is -0.334 e. The van der Waals surface area contributed by atoms with Gasteiger partial charge in [-0.05, 0) is 31.4 Å². The number of hydrogen-bond donors (Lipinski definition) is 1. The van der Waals surface area contributed by atoms with Crippen molar-refractivity contribution in [3.8, 4) is 5.69 Å². The minimum atomic E-state index is -0.483. The molecule has 1 aliphatic heterocycles. The number of rotatable bonds is 4. The molecule has 1 aliphatic rings. The van der Waals surface area contributed by atoms with Gasteiger partial charge in [0.2, 0.25) is 0 Å². The number of aromatic nitrogens is 2. The number of halogens is 2. The number of benzene rings is 1. The van der Waals surface area contributed by atoms with Crippen LogP contribution in [0.4, 0.5) is 5.69 Å². The van der Waals surface area contributed by atoms with Crippen molar-refractivity contribution in [2.45, 2.75) is 25.3 Å². The van der Waals surface area contributed by atoms with E-state index in [0.717, 1.165) is 19.3 Å². The number of piperidine rings is 1. The molecule has 1 amide bonds. The molecule has 1 saturated heterocycles. The number of nitrogens with two attached hydrogens (primary N) is 1. The van der Waals surface area contributed by atoms with Crippen LogP contribution in [0, 0.1) is 10.1 Å². The van der Waals surface area contributed by atoms with Crippen molar-refractivity contribution < 1.29 is 9.72 Å². The first-order valence-electron chi connectivity index (χ1n) is 7.89. The Morgan fingerprint density at radius 2 is 2.12 bits per heavy atom. The number of nitro groups is 1. The summed E-state index contributed by atoms with van der Waals surface area (Å²) in [5.41, 5.74) is 6.33. The lowest BCUT2D eigenvalue weighted by Crippen LogP contribution is -2.47. The average molecular weight is 402 g/mol. The van der Waals surface area contributed by atoms with Crippen molar-refractivity contribution in [2.24, 2.45) is 5.73 Å². The lowest BCUT2D eigenvalue weighted by atomic mass is 10.0. The van der Waals surface area contributed by atoms with Gasteiger partial charge in [-0.25, -0.2) is 4.98 Å². The Labute approximate surface area is 163 Å². The summed E-state index contributed by atoms with van der Waals surface area (Å²) in [7, 11) is 0. The van der Waals surface area contributed by atoms with Gasteiger partial charge < -0.3 is 15.2 Å². The monoisotopic (exact) mass is 401 g/mol. The predicted octanol–water partition coefficient (Wildman–Crippen LogP) is 2.58. The van der Waals surface area contributed by atoms with Gasteiger partial charge in [0, 0.05) is 43.2 Å². The van der Waals surface area contributed by atoms with Crippen LogP contribution in [0.1, 0.15) is 29.6 Å². The zero-order chi connectivity index (χ0) is 17.1. The Morgan fingerprint density at radius 3 is 2.73 bits per heavy atom. The summed E-state index contributed by atoms with van der Waals surface area (Å²) in [6, 6.07) is 4.53. The van der Waals surface area contributed by atoms with Gasteiger partial charge in [0.15, 0.2) is 0 Å². The van der Waals surface area contributed by atoms with E-state index in [9.17, 15) is 14.9 Å². The summed E-state index contributed by atoms with van der Waals surface area (Å²) < 4.78 is 1.55. The van der Waals surface area contributed by atoms with Crippen LogP contribution >= 0.6 is 24.8 Å². The van der Waals surface area contributed by atoms with Gasteiger partial charge >= 0.3 is 0 Å². The number of amides is 1. The van der Waals surface area contributed by atoms with Crippen molar-refractivity contribution in [1.29, 1.82) is 0 Å². The second kappa shape index (κ2) is 9.51. The van der Waals surface area contributed by atoms with Crippen molar-refractivity contribution in [1.82, 2.24) is 14.5 Å². The number of carbonyl (C=O) groups is 1. The van der Waals surface area contributed by atoms with Gasteiger partial charge in [-0.1, -0.05) is 0 Å². The molecule has 0 saturated carbocycles. The molecule has 8 nitrogen and oxygen atoms in total. The molecule has 1 fully saturated rings. The van der Waals surface area contributed by atoms with Crippen molar-refractivity contribution >= 4 is 36.4 Å². The molecule has 0 bridgehead atoms. The van der Waals surface area contributed by atoms with Gasteiger partial charge in [0.05, 0.1) is 11.3 Å². The molecule has 142 valence electrons. The van der Waals surface area contributed by atoms with Crippen molar-refractivity contribution in [3.63, 3.8) is 0 Å². The van der Waals surface area contributed by atoms with Crippen LogP contribution in [-0.2, 0) is 0 Å². The highest BCUT2D eigenvalue weighted by molar-refractivity contribution is 5.95. The Balaban J connectivity index is 0.00000169. The standard InChI is InChI=1S/C16H19N5O3.2ClH/c17-10-13-3-1-2-7-20(13)16(22)12-4-5-14(15(9-12)21(23)24)19-8-6-18-11-19;;/h4-6,8-9,11,13H,1-3,7,10,17H2;2*1H. The lowest BCUT2D eigenvalue weighted by molar-refractivity contribution is -0.384. The summed E-state index contributed by atoms with van der Waals surface area (Å²) in [6.07, 6.45) is 7.50. The van der Waals surface area contributed by atoms with Gasteiger partial charge in [-0.3, -0.25) is 14.9 Å². The van der Waals surface area contributed by atoms with Crippen LogP contribution in [0.25, 0.3) is 5.69 Å². The molecule has 0 radical (unpaired) electrons. The van der Waals surface area contributed by atoms with Crippen LogP contribution in [-0.4, -0.2) is 44.4 Å². The average Bonchev–Trinajstić information content (AvgIpc) is 3.15.